The number of benzene rings is 1. The fourth-order valence-electron chi connectivity index (χ4n) is 1.99. The van der Waals surface area contributed by atoms with Crippen molar-refractivity contribution in [2.45, 2.75) is 0 Å². The molecule has 1 N–H and O–H groups in total. The summed E-state index contributed by atoms with van der Waals surface area (Å²) in [7, 11) is 0. The molecule has 132 valence electrons. The minimum Gasteiger partial charge on any atom is -0.452 e. The van der Waals surface area contributed by atoms with Crippen molar-refractivity contribution in [3.63, 3.8) is 0 Å². The minimum atomic E-state index is -0.723. The zero-order valence-electron chi connectivity index (χ0n) is 13.1. The van der Waals surface area contributed by atoms with Crippen molar-refractivity contribution >= 4 is 51.5 Å². The third-order valence-corrected chi connectivity index (χ3v) is 4.51. The molecule has 26 heavy (non-hydrogen) atoms. The first kappa shape index (κ1) is 18.3. The molecule has 0 unspecified atom stereocenters. The Balaban J connectivity index is 1.56. The van der Waals surface area contributed by atoms with E-state index < -0.39 is 18.5 Å². The predicted octanol–water partition coefficient (Wildman–Crippen LogP) is 4.31. The van der Waals surface area contributed by atoms with Gasteiger partial charge in [-0.3, -0.25) is 10.1 Å². The minimum absolute atomic E-state index is 0.0189. The van der Waals surface area contributed by atoms with Crippen LogP contribution in [0, 0.1) is 0 Å². The molecule has 3 aromatic rings. The molecule has 1 amide bonds. The van der Waals surface area contributed by atoms with Gasteiger partial charge in [0.25, 0.3) is 5.91 Å². The SMILES string of the molecule is O=C(COC(=O)c1cccnc1Cl)Nc1nc(-c2ccc(Cl)cc2)cs1. The number of hydrogen-bond donors (Lipinski definition) is 1. The maximum atomic E-state index is 11.9. The van der Waals surface area contributed by atoms with Crippen LogP contribution in [0.25, 0.3) is 11.3 Å². The van der Waals surface area contributed by atoms with E-state index >= 15 is 0 Å². The summed E-state index contributed by atoms with van der Waals surface area (Å²) >= 11 is 12.9. The topological polar surface area (TPSA) is 81.2 Å². The molecule has 0 saturated carbocycles. The largest absolute Gasteiger partial charge is 0.452 e. The second-order valence-electron chi connectivity index (χ2n) is 5.01. The molecule has 0 spiro atoms. The van der Waals surface area contributed by atoms with E-state index in [0.29, 0.717) is 15.8 Å². The van der Waals surface area contributed by atoms with Gasteiger partial charge in [-0.2, -0.15) is 0 Å². The smallest absolute Gasteiger partial charge is 0.341 e. The first-order valence-electron chi connectivity index (χ1n) is 7.32. The third-order valence-electron chi connectivity index (χ3n) is 3.20. The van der Waals surface area contributed by atoms with Crippen molar-refractivity contribution in [1.82, 2.24) is 9.97 Å². The number of amides is 1. The molecule has 2 heterocycles. The molecule has 0 aliphatic carbocycles. The van der Waals surface area contributed by atoms with Gasteiger partial charge in [0.2, 0.25) is 0 Å². The Labute approximate surface area is 162 Å². The number of pyridine rings is 1. The highest BCUT2D eigenvalue weighted by Gasteiger charge is 2.15. The lowest BCUT2D eigenvalue weighted by Gasteiger charge is -2.05. The number of nitrogens with zero attached hydrogens (tertiary/aromatic N) is 2. The number of hydrogen-bond acceptors (Lipinski definition) is 6. The number of nitrogens with one attached hydrogen (secondary N) is 1. The molecule has 0 atom stereocenters. The summed E-state index contributed by atoms with van der Waals surface area (Å²) in [6, 6.07) is 10.2. The lowest BCUT2D eigenvalue weighted by molar-refractivity contribution is -0.119. The summed E-state index contributed by atoms with van der Waals surface area (Å²) in [5.74, 6) is -1.23. The van der Waals surface area contributed by atoms with Crippen LogP contribution >= 0.6 is 34.5 Å². The van der Waals surface area contributed by atoms with Gasteiger partial charge < -0.3 is 4.74 Å². The van der Waals surface area contributed by atoms with Crippen molar-refractivity contribution in [3.8, 4) is 11.3 Å². The third kappa shape index (κ3) is 4.57. The van der Waals surface area contributed by atoms with E-state index in [1.54, 1.807) is 23.6 Å². The van der Waals surface area contributed by atoms with E-state index in [9.17, 15) is 9.59 Å². The number of anilines is 1. The van der Waals surface area contributed by atoms with Crippen LogP contribution in [-0.4, -0.2) is 28.5 Å². The number of ether oxygens (including phenoxy) is 1. The molecule has 6 nitrogen and oxygen atoms in total. The Morgan fingerprint density at radius 3 is 2.65 bits per heavy atom. The highest BCUT2D eigenvalue weighted by Crippen LogP contribution is 2.26. The van der Waals surface area contributed by atoms with Crippen molar-refractivity contribution in [3.05, 3.63) is 63.7 Å². The molecule has 3 rings (SSSR count). The van der Waals surface area contributed by atoms with Crippen LogP contribution in [0.2, 0.25) is 10.2 Å². The molecule has 0 saturated heterocycles. The van der Waals surface area contributed by atoms with E-state index in [-0.39, 0.29) is 10.7 Å². The van der Waals surface area contributed by atoms with E-state index in [1.807, 2.05) is 12.1 Å². The van der Waals surface area contributed by atoms with Gasteiger partial charge in [0.1, 0.15) is 5.15 Å². The summed E-state index contributed by atoms with van der Waals surface area (Å²) in [5, 5.41) is 5.44. The first-order valence-corrected chi connectivity index (χ1v) is 8.95. The summed E-state index contributed by atoms with van der Waals surface area (Å²) in [6.45, 7) is -0.458. The number of rotatable bonds is 5. The fourth-order valence-corrected chi connectivity index (χ4v) is 3.05. The van der Waals surface area contributed by atoms with Gasteiger partial charge in [0.15, 0.2) is 11.7 Å². The average molecular weight is 408 g/mol. The van der Waals surface area contributed by atoms with Crippen LogP contribution in [0.15, 0.2) is 48.0 Å². The highest BCUT2D eigenvalue weighted by atomic mass is 35.5. The van der Waals surface area contributed by atoms with Crippen molar-refractivity contribution < 1.29 is 14.3 Å². The normalized spacial score (nSPS) is 10.4. The van der Waals surface area contributed by atoms with Crippen LogP contribution in [-0.2, 0) is 9.53 Å². The van der Waals surface area contributed by atoms with Crippen LogP contribution in [0.1, 0.15) is 10.4 Å². The van der Waals surface area contributed by atoms with Gasteiger partial charge >= 0.3 is 5.97 Å². The molecular weight excluding hydrogens is 397 g/mol. The molecule has 9 heteroatoms. The Hall–Kier alpha value is -2.48. The Kier molecular flexibility index (Phi) is 5.82. The zero-order valence-corrected chi connectivity index (χ0v) is 15.4. The van der Waals surface area contributed by atoms with Crippen molar-refractivity contribution in [2.75, 3.05) is 11.9 Å². The Morgan fingerprint density at radius 1 is 1.15 bits per heavy atom. The molecule has 0 aliphatic heterocycles. The molecule has 1 aromatic carbocycles. The zero-order chi connectivity index (χ0) is 18.5. The quantitative estimate of drug-likeness (QED) is 0.503. The lowest BCUT2D eigenvalue weighted by Crippen LogP contribution is -2.21. The highest BCUT2D eigenvalue weighted by molar-refractivity contribution is 7.14. The summed E-state index contributed by atoms with van der Waals surface area (Å²) in [4.78, 5) is 31.9. The predicted molar refractivity (Wildman–Crippen MR) is 101 cm³/mol. The summed E-state index contributed by atoms with van der Waals surface area (Å²) in [5.41, 5.74) is 1.69. The molecule has 0 radical (unpaired) electrons. The average Bonchev–Trinajstić information content (AvgIpc) is 3.09. The Bertz CT molecular complexity index is 944. The van der Waals surface area contributed by atoms with Gasteiger partial charge in [-0.1, -0.05) is 35.3 Å². The molecule has 0 aliphatic rings. The number of carbonyl (C=O) groups is 2. The first-order chi connectivity index (χ1) is 12.5. The second kappa shape index (κ2) is 8.27. The van der Waals surface area contributed by atoms with Gasteiger partial charge in [-0.25, -0.2) is 14.8 Å². The van der Waals surface area contributed by atoms with Crippen molar-refractivity contribution in [1.29, 1.82) is 0 Å². The number of halogens is 2. The van der Waals surface area contributed by atoms with E-state index in [1.165, 1.54) is 23.6 Å². The molecule has 0 fully saturated rings. The number of carbonyl (C=O) groups excluding carboxylic acids is 2. The summed E-state index contributed by atoms with van der Waals surface area (Å²) in [6.07, 6.45) is 1.45. The van der Waals surface area contributed by atoms with Crippen LogP contribution < -0.4 is 5.32 Å². The van der Waals surface area contributed by atoms with E-state index in [4.69, 9.17) is 27.9 Å². The van der Waals surface area contributed by atoms with Gasteiger partial charge in [-0.05, 0) is 24.3 Å². The molecule has 0 bridgehead atoms. The fraction of sp³-hybridized carbons (Fsp3) is 0.0588. The number of aromatic nitrogens is 2. The molecular formula is C17H11Cl2N3O3S. The molecule has 2 aromatic heterocycles. The number of thiazole rings is 1. The van der Waals surface area contributed by atoms with E-state index in [2.05, 4.69) is 15.3 Å². The lowest BCUT2D eigenvalue weighted by atomic mass is 10.2. The van der Waals surface area contributed by atoms with Gasteiger partial charge in [0.05, 0.1) is 11.3 Å². The number of esters is 1. The van der Waals surface area contributed by atoms with Crippen LogP contribution in [0.5, 0.6) is 0 Å². The second-order valence-corrected chi connectivity index (χ2v) is 6.66. The van der Waals surface area contributed by atoms with Crippen molar-refractivity contribution in [2.24, 2.45) is 0 Å². The van der Waals surface area contributed by atoms with Gasteiger partial charge in [-0.15, -0.1) is 11.3 Å². The van der Waals surface area contributed by atoms with Crippen LogP contribution in [0.4, 0.5) is 5.13 Å². The maximum Gasteiger partial charge on any atom is 0.341 e. The van der Waals surface area contributed by atoms with E-state index in [0.717, 1.165) is 5.56 Å². The monoisotopic (exact) mass is 407 g/mol. The standard InChI is InChI=1S/C17H11Cl2N3O3S/c18-11-5-3-10(4-6-11)13-9-26-17(21-13)22-14(23)8-25-16(24)12-2-1-7-20-15(12)19/h1-7,9H,8H2,(H,21,22,23). The van der Waals surface area contributed by atoms with Crippen LogP contribution in [0.3, 0.4) is 0 Å². The maximum absolute atomic E-state index is 11.9. The summed E-state index contributed by atoms with van der Waals surface area (Å²) < 4.78 is 4.93. The van der Waals surface area contributed by atoms with Gasteiger partial charge in [0, 0.05) is 22.2 Å². The Morgan fingerprint density at radius 2 is 1.92 bits per heavy atom.